The van der Waals surface area contributed by atoms with E-state index in [1.807, 2.05) is 6.92 Å². The molecule has 21 heavy (non-hydrogen) atoms. The Bertz CT molecular complexity index is 419. The highest BCUT2D eigenvalue weighted by Crippen LogP contribution is 2.17. The molecular weight excluding hydrogens is 270 g/mol. The van der Waals surface area contributed by atoms with Gasteiger partial charge in [0.15, 0.2) is 11.6 Å². The highest BCUT2D eigenvalue weighted by Gasteiger charge is 2.12. The first-order valence-electron chi connectivity index (χ1n) is 7.91. The summed E-state index contributed by atoms with van der Waals surface area (Å²) in [4.78, 5) is 2.41. The molecule has 0 radical (unpaired) electrons. The van der Waals surface area contributed by atoms with Gasteiger partial charge in [0.1, 0.15) is 0 Å². The van der Waals surface area contributed by atoms with Crippen LogP contribution in [0.1, 0.15) is 52.1 Å². The van der Waals surface area contributed by atoms with E-state index < -0.39 is 11.6 Å². The Hall–Kier alpha value is -1.00. The van der Waals surface area contributed by atoms with Crippen LogP contribution in [0.25, 0.3) is 0 Å². The van der Waals surface area contributed by atoms with Crippen LogP contribution >= 0.6 is 0 Å². The number of rotatable bonds is 9. The molecular formula is C17H28F2N2. The van der Waals surface area contributed by atoms with Gasteiger partial charge in [-0.2, -0.15) is 0 Å². The summed E-state index contributed by atoms with van der Waals surface area (Å²) in [6.45, 7) is 11.8. The summed E-state index contributed by atoms with van der Waals surface area (Å²) in [5, 5.41) is 3.44. The van der Waals surface area contributed by atoms with Crippen LogP contribution in [-0.2, 0) is 0 Å². The summed E-state index contributed by atoms with van der Waals surface area (Å²) in [5.74, 6) is -1.58. The lowest BCUT2D eigenvalue weighted by atomic mass is 10.1. The third kappa shape index (κ3) is 6.10. The summed E-state index contributed by atoms with van der Waals surface area (Å²) >= 11 is 0. The summed E-state index contributed by atoms with van der Waals surface area (Å²) in [6.07, 6.45) is 2.21. The molecule has 0 fully saturated rings. The standard InChI is InChI=1S/C17H28F2N2/c1-5-21(6-2)11-7-8-13(3)20-14(4)15-9-10-16(18)17(19)12-15/h9-10,12-14,20H,5-8,11H2,1-4H3. The number of benzene rings is 1. The number of nitrogens with zero attached hydrogens (tertiary/aromatic N) is 1. The molecule has 120 valence electrons. The van der Waals surface area contributed by atoms with Gasteiger partial charge in [0.2, 0.25) is 0 Å². The first-order valence-corrected chi connectivity index (χ1v) is 7.91. The van der Waals surface area contributed by atoms with Gasteiger partial charge in [-0.05, 0) is 64.0 Å². The van der Waals surface area contributed by atoms with Crippen LogP contribution < -0.4 is 5.32 Å². The second-order valence-electron chi connectivity index (χ2n) is 5.63. The van der Waals surface area contributed by atoms with Gasteiger partial charge in [-0.25, -0.2) is 8.78 Å². The molecule has 2 unspecified atom stereocenters. The monoisotopic (exact) mass is 298 g/mol. The lowest BCUT2D eigenvalue weighted by Crippen LogP contribution is -2.31. The molecule has 4 heteroatoms. The minimum absolute atomic E-state index is 0.0172. The SMILES string of the molecule is CCN(CC)CCCC(C)NC(C)c1ccc(F)c(F)c1. The van der Waals surface area contributed by atoms with Crippen molar-refractivity contribution in [2.75, 3.05) is 19.6 Å². The summed E-state index contributed by atoms with van der Waals surface area (Å²) in [6, 6.07) is 4.47. The number of hydrogen-bond donors (Lipinski definition) is 1. The van der Waals surface area contributed by atoms with Crippen molar-refractivity contribution in [3.63, 3.8) is 0 Å². The zero-order valence-electron chi connectivity index (χ0n) is 13.6. The first kappa shape index (κ1) is 18.1. The van der Waals surface area contributed by atoms with E-state index in [2.05, 4.69) is 31.0 Å². The molecule has 2 atom stereocenters. The van der Waals surface area contributed by atoms with Gasteiger partial charge < -0.3 is 10.2 Å². The predicted molar refractivity (Wildman–Crippen MR) is 84.4 cm³/mol. The van der Waals surface area contributed by atoms with E-state index in [1.54, 1.807) is 6.07 Å². The fourth-order valence-corrected chi connectivity index (χ4v) is 2.55. The maximum Gasteiger partial charge on any atom is 0.159 e. The molecule has 1 N–H and O–H groups in total. The van der Waals surface area contributed by atoms with E-state index in [-0.39, 0.29) is 6.04 Å². The van der Waals surface area contributed by atoms with Crippen molar-refractivity contribution in [3.8, 4) is 0 Å². The molecule has 0 bridgehead atoms. The lowest BCUT2D eigenvalue weighted by molar-refractivity contribution is 0.288. The molecule has 0 spiro atoms. The Balaban J connectivity index is 2.39. The molecule has 0 aliphatic carbocycles. The van der Waals surface area contributed by atoms with Crippen molar-refractivity contribution in [2.24, 2.45) is 0 Å². The maximum absolute atomic E-state index is 13.2. The van der Waals surface area contributed by atoms with E-state index in [0.29, 0.717) is 6.04 Å². The van der Waals surface area contributed by atoms with Crippen LogP contribution in [0.4, 0.5) is 8.78 Å². The van der Waals surface area contributed by atoms with Crippen molar-refractivity contribution < 1.29 is 8.78 Å². The van der Waals surface area contributed by atoms with Crippen molar-refractivity contribution in [2.45, 2.75) is 52.6 Å². The molecule has 2 nitrogen and oxygen atoms in total. The fraction of sp³-hybridized carbons (Fsp3) is 0.647. The molecule has 0 saturated heterocycles. The third-order valence-electron chi connectivity index (χ3n) is 3.98. The average Bonchev–Trinajstić information content (AvgIpc) is 2.46. The molecule has 0 aromatic heterocycles. The second-order valence-corrected chi connectivity index (χ2v) is 5.63. The van der Waals surface area contributed by atoms with Crippen LogP contribution in [0.15, 0.2) is 18.2 Å². The van der Waals surface area contributed by atoms with Crippen molar-refractivity contribution >= 4 is 0 Å². The molecule has 0 amide bonds. The Morgan fingerprint density at radius 1 is 1.10 bits per heavy atom. The van der Waals surface area contributed by atoms with Gasteiger partial charge in [-0.3, -0.25) is 0 Å². The molecule has 0 saturated carbocycles. The van der Waals surface area contributed by atoms with E-state index >= 15 is 0 Å². The average molecular weight is 298 g/mol. The van der Waals surface area contributed by atoms with Crippen molar-refractivity contribution in [1.82, 2.24) is 10.2 Å². The lowest BCUT2D eigenvalue weighted by Gasteiger charge is -2.22. The normalized spacial score (nSPS) is 14.4. The first-order chi connectivity index (χ1) is 9.97. The van der Waals surface area contributed by atoms with Crippen LogP contribution in [-0.4, -0.2) is 30.6 Å². The Morgan fingerprint density at radius 3 is 2.33 bits per heavy atom. The van der Waals surface area contributed by atoms with E-state index in [4.69, 9.17) is 0 Å². The maximum atomic E-state index is 13.2. The number of nitrogens with one attached hydrogen (secondary N) is 1. The second kappa shape index (κ2) is 9.11. The molecule has 1 aromatic carbocycles. The van der Waals surface area contributed by atoms with E-state index in [9.17, 15) is 8.78 Å². The summed E-state index contributed by atoms with van der Waals surface area (Å²) < 4.78 is 26.2. The summed E-state index contributed by atoms with van der Waals surface area (Å²) in [5.41, 5.74) is 0.782. The Kier molecular flexibility index (Phi) is 7.83. The minimum atomic E-state index is -0.793. The van der Waals surface area contributed by atoms with Crippen LogP contribution in [0.2, 0.25) is 0 Å². The highest BCUT2D eigenvalue weighted by atomic mass is 19.2. The quantitative estimate of drug-likeness (QED) is 0.737. The van der Waals surface area contributed by atoms with Gasteiger partial charge in [0.25, 0.3) is 0 Å². The van der Waals surface area contributed by atoms with Gasteiger partial charge in [-0.15, -0.1) is 0 Å². The van der Waals surface area contributed by atoms with Crippen molar-refractivity contribution in [1.29, 1.82) is 0 Å². The molecule has 1 rings (SSSR count). The largest absolute Gasteiger partial charge is 0.308 e. The van der Waals surface area contributed by atoms with E-state index in [0.717, 1.165) is 38.0 Å². The van der Waals surface area contributed by atoms with Gasteiger partial charge >= 0.3 is 0 Å². The minimum Gasteiger partial charge on any atom is -0.308 e. The Labute approximate surface area is 127 Å². The topological polar surface area (TPSA) is 15.3 Å². The fourth-order valence-electron chi connectivity index (χ4n) is 2.55. The Morgan fingerprint density at radius 2 is 1.76 bits per heavy atom. The number of halogens is 2. The third-order valence-corrected chi connectivity index (χ3v) is 3.98. The molecule has 0 aliphatic rings. The van der Waals surface area contributed by atoms with Crippen molar-refractivity contribution in [3.05, 3.63) is 35.4 Å². The van der Waals surface area contributed by atoms with Gasteiger partial charge in [0.05, 0.1) is 0 Å². The smallest absolute Gasteiger partial charge is 0.159 e. The highest BCUT2D eigenvalue weighted by molar-refractivity contribution is 5.20. The zero-order valence-corrected chi connectivity index (χ0v) is 13.6. The summed E-state index contributed by atoms with van der Waals surface area (Å²) in [7, 11) is 0. The molecule has 0 aliphatic heterocycles. The van der Waals surface area contributed by atoms with Crippen LogP contribution in [0, 0.1) is 11.6 Å². The van der Waals surface area contributed by atoms with Gasteiger partial charge in [-0.1, -0.05) is 19.9 Å². The van der Waals surface area contributed by atoms with E-state index in [1.165, 1.54) is 12.1 Å². The van der Waals surface area contributed by atoms with Gasteiger partial charge in [0, 0.05) is 12.1 Å². The molecule has 0 heterocycles. The number of hydrogen-bond acceptors (Lipinski definition) is 2. The van der Waals surface area contributed by atoms with Crippen LogP contribution in [0.3, 0.4) is 0 Å². The molecule has 1 aromatic rings. The zero-order chi connectivity index (χ0) is 15.8. The predicted octanol–water partition coefficient (Wildman–Crippen LogP) is 4.13. The van der Waals surface area contributed by atoms with Crippen LogP contribution in [0.5, 0.6) is 0 Å².